The van der Waals surface area contributed by atoms with Crippen molar-refractivity contribution in [3.63, 3.8) is 0 Å². The first kappa shape index (κ1) is 28.5. The highest BCUT2D eigenvalue weighted by molar-refractivity contribution is 6.74. The van der Waals surface area contributed by atoms with Crippen LogP contribution in [0.3, 0.4) is 0 Å². The second-order valence-corrected chi connectivity index (χ2v) is 15.2. The van der Waals surface area contributed by atoms with E-state index in [9.17, 15) is 5.11 Å². The molecule has 0 spiro atoms. The summed E-state index contributed by atoms with van der Waals surface area (Å²) < 4.78 is 24.5. The monoisotopic (exact) mass is 488 g/mol. The van der Waals surface area contributed by atoms with Crippen LogP contribution in [0.2, 0.25) is 18.1 Å². The first-order valence-corrected chi connectivity index (χ1v) is 15.1. The molecular weight excluding hydrogens is 444 g/mol. The van der Waals surface area contributed by atoms with E-state index >= 15 is 0 Å². The molecule has 1 aromatic carbocycles. The maximum atomic E-state index is 9.27. The van der Waals surface area contributed by atoms with Crippen LogP contribution >= 0.6 is 0 Å². The summed E-state index contributed by atoms with van der Waals surface area (Å²) in [6.45, 7) is 14.5. The predicted molar refractivity (Wildman–Crippen MR) is 142 cm³/mol. The zero-order chi connectivity index (χ0) is 25.2. The Morgan fingerprint density at radius 3 is 2.47 bits per heavy atom. The zero-order valence-electron chi connectivity index (χ0n) is 22.0. The van der Waals surface area contributed by atoms with E-state index in [-0.39, 0.29) is 30.0 Å². The van der Waals surface area contributed by atoms with Gasteiger partial charge in [-0.05, 0) is 55.6 Å². The normalized spacial score (nSPS) is 19.4. The van der Waals surface area contributed by atoms with Crippen LogP contribution in [0.5, 0.6) is 5.75 Å². The lowest BCUT2D eigenvalue weighted by atomic mass is 10.0. The van der Waals surface area contributed by atoms with Gasteiger partial charge in [-0.2, -0.15) is 0 Å². The third kappa shape index (κ3) is 9.15. The highest BCUT2D eigenvalue weighted by Crippen LogP contribution is 2.38. The van der Waals surface area contributed by atoms with Gasteiger partial charge in [0.05, 0.1) is 45.2 Å². The van der Waals surface area contributed by atoms with Crippen LogP contribution in [0.1, 0.15) is 46.1 Å². The molecule has 0 aliphatic carbocycles. The van der Waals surface area contributed by atoms with E-state index < -0.39 is 8.32 Å². The highest BCUT2D eigenvalue weighted by Gasteiger charge is 2.40. The van der Waals surface area contributed by atoms with Gasteiger partial charge in [0.15, 0.2) is 8.32 Å². The fourth-order valence-electron chi connectivity index (χ4n) is 3.41. The molecule has 1 aliphatic rings. The van der Waals surface area contributed by atoms with Crippen molar-refractivity contribution >= 4 is 8.32 Å². The Morgan fingerprint density at radius 1 is 1.18 bits per heavy atom. The number of ether oxygens (including phenoxy) is 3. The molecule has 0 fully saturated rings. The Morgan fingerprint density at radius 2 is 1.88 bits per heavy atom. The second kappa shape index (κ2) is 13.4. The molecule has 0 saturated carbocycles. The molecule has 6 heteroatoms. The number of methoxy groups -OCH3 is 1. The van der Waals surface area contributed by atoms with Gasteiger partial charge in [-0.3, -0.25) is 0 Å². The maximum absolute atomic E-state index is 9.27. The number of hydrogen-bond acceptors (Lipinski definition) is 5. The van der Waals surface area contributed by atoms with Crippen LogP contribution in [0, 0.1) is 0 Å². The Kier molecular flexibility index (Phi) is 11.2. The minimum absolute atomic E-state index is 0.0102. The summed E-state index contributed by atoms with van der Waals surface area (Å²) in [5, 5.41) is 9.34. The molecule has 1 aromatic rings. The molecule has 5 nitrogen and oxygen atoms in total. The average Bonchev–Trinajstić information content (AvgIpc) is 2.78. The van der Waals surface area contributed by atoms with E-state index in [1.807, 2.05) is 30.3 Å². The van der Waals surface area contributed by atoms with E-state index in [4.69, 9.17) is 18.6 Å². The SMILES string of the molecule is COc1ccc(CO[C@@H](C/C=C/CO)[C@@H](/C=C/[C@@H]2CC(C)=CCO2)O[Si](C)(C)C(C)(C)C)cc1. The molecule has 1 aliphatic heterocycles. The van der Waals surface area contributed by atoms with Gasteiger partial charge in [0.25, 0.3) is 0 Å². The number of hydrogen-bond donors (Lipinski definition) is 1. The molecule has 0 radical (unpaired) electrons. The molecule has 0 aromatic heterocycles. The van der Waals surface area contributed by atoms with Gasteiger partial charge in [0.1, 0.15) is 5.75 Å². The van der Waals surface area contributed by atoms with Crippen molar-refractivity contribution in [2.75, 3.05) is 20.3 Å². The van der Waals surface area contributed by atoms with Crippen molar-refractivity contribution in [1.29, 1.82) is 0 Å². The summed E-state index contributed by atoms with van der Waals surface area (Å²) in [5.74, 6) is 0.824. The van der Waals surface area contributed by atoms with Crippen molar-refractivity contribution in [1.82, 2.24) is 0 Å². The van der Waals surface area contributed by atoms with Crippen LogP contribution in [-0.2, 0) is 20.5 Å². The van der Waals surface area contributed by atoms with Gasteiger partial charge in [-0.25, -0.2) is 0 Å². The number of benzene rings is 1. The number of rotatable bonds is 12. The molecule has 34 heavy (non-hydrogen) atoms. The van der Waals surface area contributed by atoms with Crippen molar-refractivity contribution in [2.24, 2.45) is 0 Å². The van der Waals surface area contributed by atoms with Gasteiger partial charge in [0, 0.05) is 0 Å². The fraction of sp³-hybridized carbons (Fsp3) is 0.571. The minimum Gasteiger partial charge on any atom is -0.497 e. The van der Waals surface area contributed by atoms with Crippen molar-refractivity contribution in [3.05, 3.63) is 65.8 Å². The molecule has 1 heterocycles. The predicted octanol–water partition coefficient (Wildman–Crippen LogP) is 6.20. The summed E-state index contributed by atoms with van der Waals surface area (Å²) in [6.07, 6.45) is 11.3. The summed E-state index contributed by atoms with van der Waals surface area (Å²) in [5.41, 5.74) is 2.42. The van der Waals surface area contributed by atoms with Crippen LogP contribution in [0.4, 0.5) is 0 Å². The average molecular weight is 489 g/mol. The Balaban J connectivity index is 2.26. The van der Waals surface area contributed by atoms with E-state index in [0.717, 1.165) is 17.7 Å². The lowest BCUT2D eigenvalue weighted by Gasteiger charge is -2.40. The minimum atomic E-state index is -2.07. The van der Waals surface area contributed by atoms with Crippen molar-refractivity contribution in [2.45, 2.75) is 83.6 Å². The standard InChI is InChI=1S/C28H44O5Si/c1-22-17-19-31-25(20-22)15-16-27(33-34(6,7)28(2,3)4)26(10-8-9-18-29)32-21-23-11-13-24(30-5)14-12-23/h8-9,11-17,25-27,29H,10,18-21H2,1-7H3/b9-8+,16-15+/t25-,26+,27-/m1/s1. The van der Waals surface area contributed by atoms with E-state index in [2.05, 4.69) is 59.0 Å². The zero-order valence-corrected chi connectivity index (χ0v) is 23.0. The van der Waals surface area contributed by atoms with Gasteiger partial charge >= 0.3 is 0 Å². The van der Waals surface area contributed by atoms with E-state index in [1.165, 1.54) is 5.57 Å². The quantitative estimate of drug-likeness (QED) is 0.280. The van der Waals surface area contributed by atoms with Crippen LogP contribution in [0.15, 0.2) is 60.2 Å². The first-order chi connectivity index (χ1) is 16.1. The van der Waals surface area contributed by atoms with Crippen LogP contribution in [0.25, 0.3) is 0 Å². The molecule has 0 unspecified atom stereocenters. The highest BCUT2D eigenvalue weighted by atomic mass is 28.4. The lowest BCUT2D eigenvalue weighted by molar-refractivity contribution is -0.0203. The lowest BCUT2D eigenvalue weighted by Crippen LogP contribution is -2.47. The number of aliphatic hydroxyl groups is 1. The number of aliphatic hydroxyl groups excluding tert-OH is 1. The topological polar surface area (TPSA) is 57.2 Å². The summed E-state index contributed by atoms with van der Waals surface area (Å²) in [4.78, 5) is 0. The Bertz CT molecular complexity index is 820. The smallest absolute Gasteiger partial charge is 0.193 e. The molecular formula is C28H44O5Si. The van der Waals surface area contributed by atoms with Gasteiger partial charge < -0.3 is 23.7 Å². The Labute approximate surface area is 207 Å². The molecule has 190 valence electrons. The summed E-state index contributed by atoms with van der Waals surface area (Å²) >= 11 is 0. The van der Waals surface area contributed by atoms with Crippen molar-refractivity contribution in [3.8, 4) is 5.75 Å². The molecule has 0 amide bonds. The molecule has 3 atom stereocenters. The van der Waals surface area contributed by atoms with Gasteiger partial charge in [-0.15, -0.1) is 0 Å². The van der Waals surface area contributed by atoms with Crippen LogP contribution < -0.4 is 4.74 Å². The first-order valence-electron chi connectivity index (χ1n) is 12.2. The third-order valence-electron chi connectivity index (χ3n) is 6.65. The second-order valence-electron chi connectivity index (χ2n) is 10.4. The summed E-state index contributed by atoms with van der Waals surface area (Å²) in [6, 6.07) is 7.92. The largest absolute Gasteiger partial charge is 0.497 e. The molecule has 1 N–H and O–H groups in total. The summed E-state index contributed by atoms with van der Waals surface area (Å²) in [7, 11) is -0.408. The van der Waals surface area contributed by atoms with Crippen molar-refractivity contribution < 1.29 is 23.7 Å². The third-order valence-corrected chi connectivity index (χ3v) is 11.1. The maximum Gasteiger partial charge on any atom is 0.193 e. The Hall–Kier alpha value is -1.70. The van der Waals surface area contributed by atoms with E-state index in [0.29, 0.717) is 19.6 Å². The van der Waals surface area contributed by atoms with Gasteiger partial charge in [0.2, 0.25) is 0 Å². The van der Waals surface area contributed by atoms with Crippen LogP contribution in [-0.4, -0.2) is 52.1 Å². The fourth-order valence-corrected chi connectivity index (χ4v) is 4.68. The van der Waals surface area contributed by atoms with E-state index in [1.54, 1.807) is 13.2 Å². The molecule has 2 rings (SSSR count). The van der Waals surface area contributed by atoms with Gasteiger partial charge in [-0.1, -0.05) is 68.9 Å². The molecule has 0 saturated heterocycles. The molecule has 0 bridgehead atoms.